The van der Waals surface area contributed by atoms with Crippen molar-refractivity contribution in [2.24, 2.45) is 0 Å². The summed E-state index contributed by atoms with van der Waals surface area (Å²) in [5.74, 6) is 1.60. The molecule has 0 radical (unpaired) electrons. The summed E-state index contributed by atoms with van der Waals surface area (Å²) in [6, 6.07) is 15.6. The third-order valence-corrected chi connectivity index (χ3v) is 4.82. The van der Waals surface area contributed by atoms with E-state index in [1.54, 1.807) is 0 Å². The molecule has 1 amide bonds. The summed E-state index contributed by atoms with van der Waals surface area (Å²) >= 11 is 0. The van der Waals surface area contributed by atoms with Crippen LogP contribution in [0.4, 0.5) is 5.69 Å². The molecule has 2 aromatic rings. The minimum atomic E-state index is 0.00359. The summed E-state index contributed by atoms with van der Waals surface area (Å²) in [5.41, 5.74) is 1.97. The number of fused-ring (bicyclic) bond motifs is 1. The number of nitrogens with zero attached hydrogens (tertiary/aromatic N) is 1. The normalized spacial score (nSPS) is 19.5. The number of carbonyl (C=O) groups is 1. The molecular weight excluding hydrogens is 344 g/mol. The first kappa shape index (κ1) is 17.8. The number of ether oxygens (including phenoxy) is 3. The third kappa shape index (κ3) is 4.59. The first-order chi connectivity index (χ1) is 13.3. The van der Waals surface area contributed by atoms with Crippen LogP contribution in [0.2, 0.25) is 0 Å². The van der Waals surface area contributed by atoms with Crippen molar-refractivity contribution >= 4 is 11.6 Å². The maximum absolute atomic E-state index is 12.4. The lowest BCUT2D eigenvalue weighted by Gasteiger charge is -2.35. The molecule has 0 spiro atoms. The van der Waals surface area contributed by atoms with Gasteiger partial charge in [-0.25, -0.2) is 0 Å². The molecule has 0 bridgehead atoms. The van der Waals surface area contributed by atoms with E-state index in [0.717, 1.165) is 35.8 Å². The molecule has 6 nitrogen and oxygen atoms in total. The van der Waals surface area contributed by atoms with Crippen LogP contribution in [0.15, 0.2) is 48.5 Å². The number of morpholine rings is 1. The van der Waals surface area contributed by atoms with Crippen molar-refractivity contribution in [3.05, 3.63) is 54.1 Å². The molecule has 0 aliphatic carbocycles. The lowest BCUT2D eigenvalue weighted by molar-refractivity contribution is -0.119. The van der Waals surface area contributed by atoms with Crippen molar-refractivity contribution in [2.75, 3.05) is 38.3 Å². The number of hydrogen-bond acceptors (Lipinski definition) is 5. The van der Waals surface area contributed by atoms with Crippen LogP contribution in [0.25, 0.3) is 0 Å². The fourth-order valence-corrected chi connectivity index (χ4v) is 3.45. The van der Waals surface area contributed by atoms with E-state index < -0.39 is 0 Å². The van der Waals surface area contributed by atoms with E-state index in [9.17, 15) is 4.79 Å². The van der Waals surface area contributed by atoms with Gasteiger partial charge in [-0.15, -0.1) is 0 Å². The predicted octanol–water partition coefficient (Wildman–Crippen LogP) is 2.69. The van der Waals surface area contributed by atoms with Crippen molar-refractivity contribution in [1.82, 2.24) is 4.90 Å². The van der Waals surface area contributed by atoms with E-state index in [0.29, 0.717) is 32.8 Å². The van der Waals surface area contributed by atoms with Gasteiger partial charge in [-0.3, -0.25) is 9.69 Å². The summed E-state index contributed by atoms with van der Waals surface area (Å²) in [7, 11) is 0. The van der Waals surface area contributed by atoms with Gasteiger partial charge in [-0.05, 0) is 29.8 Å². The smallest absolute Gasteiger partial charge is 0.226 e. The molecule has 0 saturated carbocycles. The zero-order valence-electron chi connectivity index (χ0n) is 15.2. The molecule has 1 saturated heterocycles. The molecule has 2 aliphatic rings. The molecule has 6 heteroatoms. The van der Waals surface area contributed by atoms with E-state index in [1.165, 1.54) is 0 Å². The van der Waals surface area contributed by atoms with E-state index >= 15 is 0 Å². The van der Waals surface area contributed by atoms with Crippen molar-refractivity contribution in [1.29, 1.82) is 0 Å². The van der Waals surface area contributed by atoms with Crippen molar-refractivity contribution in [2.45, 2.75) is 19.0 Å². The van der Waals surface area contributed by atoms with Gasteiger partial charge in [0, 0.05) is 31.2 Å². The zero-order chi connectivity index (χ0) is 18.5. The van der Waals surface area contributed by atoms with Crippen LogP contribution in [0.1, 0.15) is 12.0 Å². The summed E-state index contributed by atoms with van der Waals surface area (Å²) in [6.07, 6.45) is 0.402. The number of carbonyl (C=O) groups excluding carboxylic acids is 1. The molecule has 1 N–H and O–H groups in total. The average Bonchev–Trinajstić information content (AvgIpc) is 2.70. The van der Waals surface area contributed by atoms with E-state index in [1.807, 2.05) is 42.5 Å². The topological polar surface area (TPSA) is 60.0 Å². The van der Waals surface area contributed by atoms with Gasteiger partial charge < -0.3 is 19.5 Å². The number of rotatable bonds is 5. The standard InChI is InChI=1S/C21H24N2O4/c24-21(22-17-4-2-1-3-5-17)13-18-15-25-9-8-23(18)14-16-6-7-19-20(12-16)27-11-10-26-19/h1-7,12,18H,8-11,13-15H2,(H,22,24)/t18-/m0/s1. The van der Waals surface area contributed by atoms with E-state index in [4.69, 9.17) is 14.2 Å². The SMILES string of the molecule is O=C(C[C@H]1COCCN1Cc1ccc2c(c1)OCCO2)Nc1ccccc1. The minimum Gasteiger partial charge on any atom is -0.486 e. The Bertz CT molecular complexity index is 781. The highest BCUT2D eigenvalue weighted by Gasteiger charge is 2.26. The number of hydrogen-bond donors (Lipinski definition) is 1. The first-order valence-corrected chi connectivity index (χ1v) is 9.33. The monoisotopic (exact) mass is 368 g/mol. The van der Waals surface area contributed by atoms with Crippen LogP contribution in [-0.4, -0.2) is 49.8 Å². The molecule has 2 aliphatic heterocycles. The largest absolute Gasteiger partial charge is 0.486 e. The molecule has 0 aromatic heterocycles. The molecule has 27 heavy (non-hydrogen) atoms. The highest BCUT2D eigenvalue weighted by molar-refractivity contribution is 5.91. The number of nitrogens with one attached hydrogen (secondary N) is 1. The van der Waals surface area contributed by atoms with Crippen LogP contribution in [0.5, 0.6) is 11.5 Å². The van der Waals surface area contributed by atoms with Crippen LogP contribution in [0.3, 0.4) is 0 Å². The highest BCUT2D eigenvalue weighted by Crippen LogP contribution is 2.31. The molecule has 4 rings (SSSR count). The molecule has 1 atom stereocenters. The lowest BCUT2D eigenvalue weighted by Crippen LogP contribution is -2.46. The Balaban J connectivity index is 1.39. The van der Waals surface area contributed by atoms with Crippen LogP contribution in [-0.2, 0) is 16.1 Å². The van der Waals surface area contributed by atoms with Gasteiger partial charge in [-0.2, -0.15) is 0 Å². The number of amides is 1. The third-order valence-electron chi connectivity index (χ3n) is 4.82. The predicted molar refractivity (Wildman–Crippen MR) is 102 cm³/mol. The number of anilines is 1. The summed E-state index contributed by atoms with van der Waals surface area (Å²) < 4.78 is 16.9. The quantitative estimate of drug-likeness (QED) is 0.879. The summed E-state index contributed by atoms with van der Waals surface area (Å²) in [5, 5.41) is 2.96. The van der Waals surface area contributed by atoms with Gasteiger partial charge in [0.15, 0.2) is 11.5 Å². The van der Waals surface area contributed by atoms with Crippen molar-refractivity contribution in [3.63, 3.8) is 0 Å². The Morgan fingerprint density at radius 2 is 1.85 bits per heavy atom. The summed E-state index contributed by atoms with van der Waals surface area (Å²) in [4.78, 5) is 14.7. The minimum absolute atomic E-state index is 0.00359. The highest BCUT2D eigenvalue weighted by atomic mass is 16.6. The van der Waals surface area contributed by atoms with E-state index in [-0.39, 0.29) is 11.9 Å². The molecule has 1 fully saturated rings. The van der Waals surface area contributed by atoms with Crippen molar-refractivity contribution < 1.29 is 19.0 Å². The van der Waals surface area contributed by atoms with Gasteiger partial charge in [0.2, 0.25) is 5.91 Å². The van der Waals surface area contributed by atoms with Gasteiger partial charge in [-0.1, -0.05) is 24.3 Å². The zero-order valence-corrected chi connectivity index (χ0v) is 15.2. The lowest BCUT2D eigenvalue weighted by atomic mass is 10.1. The Labute approximate surface area is 159 Å². The second kappa shape index (κ2) is 8.41. The Morgan fingerprint density at radius 1 is 1.04 bits per heavy atom. The number of benzene rings is 2. The summed E-state index contributed by atoms with van der Waals surface area (Å²) in [6.45, 7) is 3.97. The number of para-hydroxylation sites is 1. The van der Waals surface area contributed by atoms with Gasteiger partial charge in [0.1, 0.15) is 13.2 Å². The van der Waals surface area contributed by atoms with Crippen molar-refractivity contribution in [3.8, 4) is 11.5 Å². The molecule has 2 heterocycles. The van der Waals surface area contributed by atoms with Crippen LogP contribution < -0.4 is 14.8 Å². The van der Waals surface area contributed by atoms with Gasteiger partial charge in [0.05, 0.1) is 13.2 Å². The van der Waals surface area contributed by atoms with Crippen LogP contribution >= 0.6 is 0 Å². The fraction of sp³-hybridized carbons (Fsp3) is 0.381. The van der Waals surface area contributed by atoms with Crippen LogP contribution in [0, 0.1) is 0 Å². The fourth-order valence-electron chi connectivity index (χ4n) is 3.45. The first-order valence-electron chi connectivity index (χ1n) is 9.33. The Kier molecular flexibility index (Phi) is 5.55. The second-order valence-corrected chi connectivity index (χ2v) is 6.80. The average molecular weight is 368 g/mol. The second-order valence-electron chi connectivity index (χ2n) is 6.80. The molecular formula is C21H24N2O4. The maximum Gasteiger partial charge on any atom is 0.226 e. The van der Waals surface area contributed by atoms with E-state index in [2.05, 4.69) is 16.3 Å². The Hall–Kier alpha value is -2.57. The molecule has 2 aromatic carbocycles. The molecule has 142 valence electrons. The van der Waals surface area contributed by atoms with Gasteiger partial charge in [0.25, 0.3) is 0 Å². The Morgan fingerprint density at radius 3 is 2.70 bits per heavy atom. The van der Waals surface area contributed by atoms with Gasteiger partial charge >= 0.3 is 0 Å². The maximum atomic E-state index is 12.4. The molecule has 0 unspecified atom stereocenters.